The third kappa shape index (κ3) is 11.3. The SMILES string of the molecule is Cc1cccc(C(=O)OOOC(=O)OCCCCCCOC(=O)OOOC(=O)c2cccc(C)c2)c1. The van der Waals surface area contributed by atoms with Crippen molar-refractivity contribution in [2.24, 2.45) is 0 Å². The fourth-order valence-electron chi connectivity index (χ4n) is 2.71. The van der Waals surface area contributed by atoms with Gasteiger partial charge >= 0.3 is 24.2 Å². The Kier molecular flexibility index (Phi) is 12.2. The van der Waals surface area contributed by atoms with E-state index < -0.39 is 24.2 Å². The zero-order chi connectivity index (χ0) is 26.2. The molecule has 2 rings (SSSR count). The smallest absolute Gasteiger partial charge is 0.432 e. The van der Waals surface area contributed by atoms with Gasteiger partial charge in [0.1, 0.15) is 0 Å². The van der Waals surface area contributed by atoms with E-state index in [2.05, 4.69) is 29.6 Å². The van der Waals surface area contributed by atoms with Crippen LogP contribution in [0.15, 0.2) is 48.5 Å². The molecule has 2 aromatic rings. The molecule has 0 fully saturated rings. The monoisotopic (exact) mass is 506 g/mol. The van der Waals surface area contributed by atoms with Crippen molar-refractivity contribution in [3.05, 3.63) is 70.8 Å². The summed E-state index contributed by atoms with van der Waals surface area (Å²) in [4.78, 5) is 63.3. The van der Waals surface area contributed by atoms with Crippen LogP contribution in [0.5, 0.6) is 0 Å². The highest BCUT2D eigenvalue weighted by atomic mass is 17.5. The maximum atomic E-state index is 11.7. The molecule has 0 N–H and O–H groups in total. The van der Waals surface area contributed by atoms with Gasteiger partial charge in [-0.3, -0.25) is 9.78 Å². The molecule has 2 aromatic carbocycles. The zero-order valence-corrected chi connectivity index (χ0v) is 19.8. The number of hydrogen-bond donors (Lipinski definition) is 0. The van der Waals surface area contributed by atoms with Crippen molar-refractivity contribution < 1.29 is 58.3 Å². The van der Waals surface area contributed by atoms with Gasteiger partial charge in [0.25, 0.3) is 0 Å². The summed E-state index contributed by atoms with van der Waals surface area (Å²) in [6.07, 6.45) is -0.0252. The predicted molar refractivity (Wildman–Crippen MR) is 119 cm³/mol. The lowest BCUT2D eigenvalue weighted by molar-refractivity contribution is -0.452. The molecule has 194 valence electrons. The van der Waals surface area contributed by atoms with Gasteiger partial charge in [-0.05, 0) is 63.8 Å². The molecule has 0 saturated carbocycles. The highest BCUT2D eigenvalue weighted by Gasteiger charge is 2.13. The highest BCUT2D eigenvalue weighted by Crippen LogP contribution is 2.08. The van der Waals surface area contributed by atoms with Crippen molar-refractivity contribution in [1.29, 1.82) is 0 Å². The number of carbonyl (C=O) groups is 4. The summed E-state index contributed by atoms with van der Waals surface area (Å²) in [6, 6.07) is 13.1. The molecular weight excluding hydrogens is 480 g/mol. The third-order valence-corrected chi connectivity index (χ3v) is 4.41. The molecular formula is C24H26O12. The van der Waals surface area contributed by atoms with Crippen LogP contribution in [0, 0.1) is 13.8 Å². The maximum absolute atomic E-state index is 11.7. The molecule has 0 atom stereocenters. The number of carbonyl (C=O) groups excluding carboxylic acids is 4. The highest BCUT2D eigenvalue weighted by molar-refractivity contribution is 5.89. The first-order valence-electron chi connectivity index (χ1n) is 10.9. The summed E-state index contributed by atoms with van der Waals surface area (Å²) in [5, 5.41) is 8.26. The number of hydrogen-bond acceptors (Lipinski definition) is 12. The summed E-state index contributed by atoms with van der Waals surface area (Å²) in [5.74, 6) is -1.65. The summed E-state index contributed by atoms with van der Waals surface area (Å²) in [5.41, 5.74) is 2.17. The number of unbranched alkanes of at least 4 members (excludes halogenated alkanes) is 3. The van der Waals surface area contributed by atoms with Crippen LogP contribution in [0.2, 0.25) is 0 Å². The topological polar surface area (TPSA) is 142 Å². The minimum atomic E-state index is -1.17. The van der Waals surface area contributed by atoms with E-state index in [4.69, 9.17) is 9.47 Å². The summed E-state index contributed by atoms with van der Waals surface area (Å²) < 4.78 is 9.51. The van der Waals surface area contributed by atoms with Crippen molar-refractivity contribution in [3.8, 4) is 0 Å². The van der Waals surface area contributed by atoms with Gasteiger partial charge in [0, 0.05) is 0 Å². The Morgan fingerprint density at radius 2 is 1.00 bits per heavy atom. The van der Waals surface area contributed by atoms with Gasteiger partial charge in [-0.2, -0.15) is 0 Å². The van der Waals surface area contributed by atoms with Crippen LogP contribution < -0.4 is 0 Å². The quantitative estimate of drug-likeness (QED) is 0.158. The lowest BCUT2D eigenvalue weighted by atomic mass is 10.1. The van der Waals surface area contributed by atoms with Gasteiger partial charge in [-0.15, -0.1) is 0 Å². The Bertz CT molecular complexity index is 938. The van der Waals surface area contributed by atoms with Gasteiger partial charge in [-0.1, -0.05) is 35.4 Å². The predicted octanol–water partition coefficient (Wildman–Crippen LogP) is 4.88. The third-order valence-electron chi connectivity index (χ3n) is 4.41. The van der Waals surface area contributed by atoms with Crippen LogP contribution in [0.25, 0.3) is 0 Å². The fraction of sp³-hybridized carbons (Fsp3) is 0.333. The molecule has 0 radical (unpaired) electrons. The maximum Gasteiger partial charge on any atom is 0.543 e. The van der Waals surface area contributed by atoms with E-state index >= 15 is 0 Å². The number of aryl methyl sites for hydroxylation is 2. The van der Waals surface area contributed by atoms with E-state index in [1.165, 1.54) is 12.1 Å². The van der Waals surface area contributed by atoms with Crippen molar-refractivity contribution in [1.82, 2.24) is 0 Å². The normalized spacial score (nSPS) is 10.2. The zero-order valence-electron chi connectivity index (χ0n) is 19.8. The average Bonchev–Trinajstić information content (AvgIpc) is 2.85. The van der Waals surface area contributed by atoms with Crippen LogP contribution in [0.1, 0.15) is 57.5 Å². The Hall–Kier alpha value is -4.16. The number of benzene rings is 2. The first-order chi connectivity index (χ1) is 17.3. The molecule has 0 saturated heterocycles. The van der Waals surface area contributed by atoms with Crippen LogP contribution in [0.3, 0.4) is 0 Å². The Labute approximate surface area is 206 Å². The Morgan fingerprint density at radius 1 is 0.583 bits per heavy atom. The van der Waals surface area contributed by atoms with E-state index in [0.29, 0.717) is 25.7 Å². The molecule has 0 aromatic heterocycles. The van der Waals surface area contributed by atoms with E-state index in [1.807, 2.05) is 0 Å². The van der Waals surface area contributed by atoms with E-state index in [-0.39, 0.29) is 24.3 Å². The molecule has 12 nitrogen and oxygen atoms in total. The molecule has 0 bridgehead atoms. The van der Waals surface area contributed by atoms with Gasteiger partial charge in [0.05, 0.1) is 34.4 Å². The molecule has 0 aliphatic carbocycles. The molecule has 0 aliphatic rings. The van der Waals surface area contributed by atoms with Gasteiger partial charge in [0.15, 0.2) is 0 Å². The Balaban J connectivity index is 1.41. The van der Waals surface area contributed by atoms with Crippen molar-refractivity contribution in [2.45, 2.75) is 39.5 Å². The second-order valence-corrected chi connectivity index (χ2v) is 7.39. The molecule has 0 heterocycles. The van der Waals surface area contributed by atoms with Crippen molar-refractivity contribution >= 4 is 24.2 Å². The molecule has 0 unspecified atom stereocenters. The number of ether oxygens (including phenoxy) is 2. The van der Waals surface area contributed by atoms with E-state index in [1.54, 1.807) is 50.2 Å². The van der Waals surface area contributed by atoms with Crippen molar-refractivity contribution in [3.63, 3.8) is 0 Å². The minimum absolute atomic E-state index is 0.0388. The van der Waals surface area contributed by atoms with E-state index in [9.17, 15) is 19.2 Å². The summed E-state index contributed by atoms with van der Waals surface area (Å²) >= 11 is 0. The largest absolute Gasteiger partial charge is 0.543 e. The van der Waals surface area contributed by atoms with Crippen LogP contribution in [-0.4, -0.2) is 37.5 Å². The molecule has 0 spiro atoms. The molecule has 0 aliphatic heterocycles. The molecule has 36 heavy (non-hydrogen) atoms. The average molecular weight is 506 g/mol. The van der Waals surface area contributed by atoms with Crippen LogP contribution in [0.4, 0.5) is 9.59 Å². The second-order valence-electron chi connectivity index (χ2n) is 7.39. The first-order valence-corrected chi connectivity index (χ1v) is 10.9. The van der Waals surface area contributed by atoms with Crippen LogP contribution in [-0.2, 0) is 39.1 Å². The summed E-state index contributed by atoms with van der Waals surface area (Å²) in [6.45, 7) is 3.68. The number of rotatable bonds is 13. The standard InChI is InChI=1S/C24H26O12/c1-17-9-7-11-19(15-17)21(25)31-35-33-23(27)29-13-5-3-4-6-14-30-24(28)34-36-32-22(26)20-12-8-10-18(2)16-20/h7-12,15-16H,3-6,13-14H2,1-2H3. The van der Waals surface area contributed by atoms with Gasteiger partial charge < -0.3 is 9.47 Å². The first kappa shape index (κ1) is 28.1. The van der Waals surface area contributed by atoms with Gasteiger partial charge in [0.2, 0.25) is 0 Å². The minimum Gasteiger partial charge on any atom is -0.432 e. The lowest BCUT2D eigenvalue weighted by Gasteiger charge is -2.05. The van der Waals surface area contributed by atoms with Crippen LogP contribution >= 0.6 is 0 Å². The molecule has 12 heteroatoms. The molecule has 0 amide bonds. The Morgan fingerprint density at radius 3 is 1.39 bits per heavy atom. The van der Waals surface area contributed by atoms with E-state index in [0.717, 1.165) is 11.1 Å². The fourth-order valence-corrected chi connectivity index (χ4v) is 2.71. The summed E-state index contributed by atoms with van der Waals surface area (Å²) in [7, 11) is 0. The second kappa shape index (κ2) is 15.7. The van der Waals surface area contributed by atoms with Gasteiger partial charge in [-0.25, -0.2) is 29.0 Å². The lowest BCUT2D eigenvalue weighted by Crippen LogP contribution is -2.13. The van der Waals surface area contributed by atoms with Crippen molar-refractivity contribution in [2.75, 3.05) is 13.2 Å².